The van der Waals surface area contributed by atoms with Crippen molar-refractivity contribution in [3.05, 3.63) is 22.2 Å². The molecular weight excluding hydrogens is 270 g/mol. The smallest absolute Gasteiger partial charge is 0.175 e. The van der Waals surface area contributed by atoms with Crippen molar-refractivity contribution in [2.75, 3.05) is 19.8 Å². The number of hydrogen-bond donors (Lipinski definition) is 1. The molecule has 0 saturated carbocycles. The highest BCUT2D eigenvalue weighted by Crippen LogP contribution is 2.38. The monoisotopic (exact) mass is 285 g/mol. The van der Waals surface area contributed by atoms with Crippen molar-refractivity contribution in [3.8, 4) is 11.5 Å². The first-order valence-electron chi connectivity index (χ1n) is 5.60. The molecule has 1 aliphatic rings. The van der Waals surface area contributed by atoms with Gasteiger partial charge in [0.15, 0.2) is 11.5 Å². The van der Waals surface area contributed by atoms with Gasteiger partial charge in [0.05, 0.1) is 4.47 Å². The second kappa shape index (κ2) is 5.55. The SMILES string of the molecule is CCCNCc1cc(Br)c2c(c1)OCCO2. The first-order valence-corrected chi connectivity index (χ1v) is 6.39. The lowest BCUT2D eigenvalue weighted by molar-refractivity contribution is 0.170. The molecule has 1 heterocycles. The number of halogens is 1. The van der Waals surface area contributed by atoms with Crippen LogP contribution in [0.15, 0.2) is 16.6 Å². The van der Waals surface area contributed by atoms with Crippen molar-refractivity contribution in [1.82, 2.24) is 5.32 Å². The summed E-state index contributed by atoms with van der Waals surface area (Å²) < 4.78 is 12.1. The lowest BCUT2D eigenvalue weighted by Crippen LogP contribution is -2.17. The molecule has 1 aliphatic heterocycles. The minimum atomic E-state index is 0.624. The van der Waals surface area contributed by atoms with E-state index in [9.17, 15) is 0 Å². The van der Waals surface area contributed by atoms with Crippen molar-refractivity contribution in [1.29, 1.82) is 0 Å². The van der Waals surface area contributed by atoms with Crippen molar-refractivity contribution < 1.29 is 9.47 Å². The van der Waals surface area contributed by atoms with Gasteiger partial charge in [0.2, 0.25) is 0 Å². The highest BCUT2D eigenvalue weighted by atomic mass is 79.9. The average Bonchev–Trinajstić information content (AvgIpc) is 2.30. The fraction of sp³-hybridized carbons (Fsp3) is 0.500. The lowest BCUT2D eigenvalue weighted by Gasteiger charge is -2.20. The predicted octanol–water partition coefficient (Wildman–Crippen LogP) is 2.72. The Labute approximate surface area is 104 Å². The van der Waals surface area contributed by atoms with Crippen LogP contribution in [0.5, 0.6) is 11.5 Å². The van der Waals surface area contributed by atoms with Gasteiger partial charge in [-0.1, -0.05) is 6.92 Å². The second-order valence-corrected chi connectivity index (χ2v) is 4.63. The van der Waals surface area contributed by atoms with Gasteiger partial charge in [-0.15, -0.1) is 0 Å². The molecule has 0 radical (unpaired) electrons. The van der Waals surface area contributed by atoms with Gasteiger partial charge in [-0.2, -0.15) is 0 Å². The second-order valence-electron chi connectivity index (χ2n) is 3.78. The Kier molecular flexibility index (Phi) is 4.07. The molecular formula is C12H16BrNO2. The zero-order valence-corrected chi connectivity index (χ0v) is 11.0. The maximum absolute atomic E-state index is 5.57. The Hall–Kier alpha value is -0.740. The van der Waals surface area contributed by atoms with E-state index < -0.39 is 0 Å². The van der Waals surface area contributed by atoms with Crippen LogP contribution in [0, 0.1) is 0 Å². The van der Waals surface area contributed by atoms with Crippen LogP contribution in [0.1, 0.15) is 18.9 Å². The summed E-state index contributed by atoms with van der Waals surface area (Å²) in [6.07, 6.45) is 1.14. The number of benzene rings is 1. The standard InChI is InChI=1S/C12H16BrNO2/c1-2-3-14-8-9-6-10(13)12-11(7-9)15-4-5-16-12/h6-7,14H,2-5,8H2,1H3. The van der Waals surface area contributed by atoms with Crippen molar-refractivity contribution in [2.45, 2.75) is 19.9 Å². The molecule has 0 unspecified atom stereocenters. The van der Waals surface area contributed by atoms with Crippen molar-refractivity contribution >= 4 is 15.9 Å². The molecule has 1 aromatic carbocycles. The summed E-state index contributed by atoms with van der Waals surface area (Å²) in [6, 6.07) is 4.12. The molecule has 0 amide bonds. The summed E-state index contributed by atoms with van der Waals surface area (Å²) in [5, 5.41) is 3.37. The Bertz CT molecular complexity index is 368. The highest BCUT2D eigenvalue weighted by molar-refractivity contribution is 9.10. The van der Waals surface area contributed by atoms with Gasteiger partial charge in [0, 0.05) is 6.54 Å². The molecule has 0 aromatic heterocycles. The Morgan fingerprint density at radius 2 is 2.12 bits per heavy atom. The molecule has 0 atom stereocenters. The first kappa shape index (κ1) is 11.7. The summed E-state index contributed by atoms with van der Waals surface area (Å²) in [4.78, 5) is 0. The molecule has 3 nitrogen and oxygen atoms in total. The van der Waals surface area contributed by atoms with E-state index in [-0.39, 0.29) is 0 Å². The molecule has 4 heteroatoms. The van der Waals surface area contributed by atoms with Crippen LogP contribution in [-0.4, -0.2) is 19.8 Å². The third kappa shape index (κ3) is 2.68. The van der Waals surface area contributed by atoms with Gasteiger partial charge in [0.1, 0.15) is 13.2 Å². The number of fused-ring (bicyclic) bond motifs is 1. The highest BCUT2D eigenvalue weighted by Gasteiger charge is 2.15. The van der Waals surface area contributed by atoms with E-state index in [0.29, 0.717) is 13.2 Å². The van der Waals surface area contributed by atoms with E-state index in [1.807, 2.05) is 6.07 Å². The minimum Gasteiger partial charge on any atom is -0.486 e. The fourth-order valence-electron chi connectivity index (χ4n) is 1.68. The number of hydrogen-bond acceptors (Lipinski definition) is 3. The Morgan fingerprint density at radius 1 is 1.31 bits per heavy atom. The van der Waals surface area contributed by atoms with Gasteiger partial charge >= 0.3 is 0 Å². The fourth-order valence-corrected chi connectivity index (χ4v) is 2.28. The summed E-state index contributed by atoms with van der Waals surface area (Å²) >= 11 is 3.51. The maximum Gasteiger partial charge on any atom is 0.175 e. The molecule has 1 aromatic rings. The summed E-state index contributed by atoms with van der Waals surface area (Å²) in [7, 11) is 0. The zero-order valence-electron chi connectivity index (χ0n) is 9.38. The zero-order chi connectivity index (χ0) is 11.4. The molecule has 0 fully saturated rings. The third-order valence-corrected chi connectivity index (χ3v) is 3.00. The van der Waals surface area contributed by atoms with Gasteiger partial charge in [-0.3, -0.25) is 0 Å². The lowest BCUT2D eigenvalue weighted by atomic mass is 10.2. The molecule has 2 rings (SSSR count). The van der Waals surface area contributed by atoms with Crippen LogP contribution in [-0.2, 0) is 6.54 Å². The summed E-state index contributed by atoms with van der Waals surface area (Å²) in [6.45, 7) is 5.31. The normalized spacial score (nSPS) is 13.9. The largest absolute Gasteiger partial charge is 0.486 e. The molecule has 1 N–H and O–H groups in total. The predicted molar refractivity (Wildman–Crippen MR) is 67.1 cm³/mol. The van der Waals surface area contributed by atoms with E-state index in [1.54, 1.807) is 0 Å². The quantitative estimate of drug-likeness (QED) is 0.863. The number of rotatable bonds is 4. The van der Waals surface area contributed by atoms with E-state index in [0.717, 1.165) is 35.5 Å². The molecule has 88 valence electrons. The average molecular weight is 286 g/mol. The van der Waals surface area contributed by atoms with Crippen LogP contribution in [0.4, 0.5) is 0 Å². The van der Waals surface area contributed by atoms with E-state index in [1.165, 1.54) is 5.56 Å². The Balaban J connectivity index is 2.12. The van der Waals surface area contributed by atoms with Crippen LogP contribution < -0.4 is 14.8 Å². The molecule has 0 bridgehead atoms. The van der Waals surface area contributed by atoms with Crippen LogP contribution in [0.2, 0.25) is 0 Å². The maximum atomic E-state index is 5.57. The van der Waals surface area contributed by atoms with Gasteiger partial charge < -0.3 is 14.8 Å². The molecule has 0 aliphatic carbocycles. The van der Waals surface area contributed by atoms with Gasteiger partial charge in [-0.05, 0) is 46.6 Å². The number of nitrogens with one attached hydrogen (secondary N) is 1. The first-order chi connectivity index (χ1) is 7.81. The van der Waals surface area contributed by atoms with E-state index in [4.69, 9.17) is 9.47 Å². The third-order valence-electron chi connectivity index (χ3n) is 2.41. The molecule has 16 heavy (non-hydrogen) atoms. The van der Waals surface area contributed by atoms with Gasteiger partial charge in [0.25, 0.3) is 0 Å². The topological polar surface area (TPSA) is 30.5 Å². The Morgan fingerprint density at radius 3 is 2.94 bits per heavy atom. The van der Waals surface area contributed by atoms with Crippen LogP contribution in [0.25, 0.3) is 0 Å². The van der Waals surface area contributed by atoms with Gasteiger partial charge in [-0.25, -0.2) is 0 Å². The van der Waals surface area contributed by atoms with Crippen LogP contribution >= 0.6 is 15.9 Å². The van der Waals surface area contributed by atoms with Crippen LogP contribution in [0.3, 0.4) is 0 Å². The van der Waals surface area contributed by atoms with E-state index in [2.05, 4.69) is 34.2 Å². The van der Waals surface area contributed by atoms with Crippen molar-refractivity contribution in [2.24, 2.45) is 0 Å². The summed E-state index contributed by atoms with van der Waals surface area (Å²) in [5.41, 5.74) is 1.21. The molecule has 0 saturated heterocycles. The number of ether oxygens (including phenoxy) is 2. The van der Waals surface area contributed by atoms with E-state index >= 15 is 0 Å². The summed E-state index contributed by atoms with van der Waals surface area (Å²) in [5.74, 6) is 1.67. The minimum absolute atomic E-state index is 0.624. The molecule has 0 spiro atoms. The van der Waals surface area contributed by atoms with Crippen molar-refractivity contribution in [3.63, 3.8) is 0 Å².